The molecule has 0 bridgehead atoms. The molecule has 0 saturated heterocycles. The lowest BCUT2D eigenvalue weighted by Gasteiger charge is -2.10. The van der Waals surface area contributed by atoms with Crippen LogP contribution in [0.2, 0.25) is 5.02 Å². The topological polar surface area (TPSA) is 56.7 Å². The zero-order valence-electron chi connectivity index (χ0n) is 9.44. The summed E-state index contributed by atoms with van der Waals surface area (Å²) in [5, 5.41) is 0.531. The summed E-state index contributed by atoms with van der Waals surface area (Å²) >= 11 is 12.9. The quantitative estimate of drug-likeness (QED) is 0.664. The van der Waals surface area contributed by atoms with Crippen molar-refractivity contribution in [1.29, 1.82) is 0 Å². The Balaban J connectivity index is 2.40. The van der Waals surface area contributed by atoms with Crippen molar-refractivity contribution in [2.45, 2.75) is 0 Å². The maximum absolute atomic E-state index is 6.00. The predicted molar refractivity (Wildman–Crippen MR) is 83.7 cm³/mol. The standard InChI is InChI=1S/C12H7Br2ClN4/c13-7-2-1-3-8(14)10(7)19-11-9(18-12(19)16)4-6(15)5-17-11/h1-5H,(H2,16,18). The second-order valence-corrected chi connectivity index (χ2v) is 6.02. The van der Waals surface area contributed by atoms with Crippen molar-refractivity contribution >= 4 is 60.6 Å². The van der Waals surface area contributed by atoms with Crippen LogP contribution in [-0.4, -0.2) is 14.5 Å². The van der Waals surface area contributed by atoms with E-state index >= 15 is 0 Å². The second kappa shape index (κ2) is 4.77. The van der Waals surface area contributed by atoms with Crippen molar-refractivity contribution in [1.82, 2.24) is 14.5 Å². The maximum Gasteiger partial charge on any atom is 0.207 e. The molecule has 3 rings (SSSR count). The Bertz CT molecular complexity index is 764. The Morgan fingerprint density at radius 2 is 1.89 bits per heavy atom. The maximum atomic E-state index is 6.00. The Morgan fingerprint density at radius 3 is 2.58 bits per heavy atom. The van der Waals surface area contributed by atoms with Crippen molar-refractivity contribution < 1.29 is 0 Å². The molecule has 3 aromatic rings. The third-order valence-electron chi connectivity index (χ3n) is 2.65. The van der Waals surface area contributed by atoms with Crippen LogP contribution in [0.5, 0.6) is 0 Å². The van der Waals surface area contributed by atoms with Crippen molar-refractivity contribution in [3.63, 3.8) is 0 Å². The molecule has 2 heterocycles. The summed E-state index contributed by atoms with van der Waals surface area (Å²) in [5.41, 5.74) is 8.18. The third-order valence-corrected chi connectivity index (χ3v) is 4.14. The summed E-state index contributed by atoms with van der Waals surface area (Å²) in [4.78, 5) is 8.59. The van der Waals surface area contributed by atoms with Crippen LogP contribution in [0, 0.1) is 0 Å². The van der Waals surface area contributed by atoms with Gasteiger partial charge in [-0.2, -0.15) is 0 Å². The highest BCUT2D eigenvalue weighted by Crippen LogP contribution is 2.33. The molecule has 0 amide bonds. The van der Waals surface area contributed by atoms with Crippen LogP contribution in [0.1, 0.15) is 0 Å². The summed E-state index contributed by atoms with van der Waals surface area (Å²) < 4.78 is 3.56. The molecule has 0 fully saturated rings. The Morgan fingerprint density at radius 1 is 1.21 bits per heavy atom. The first-order valence-corrected chi connectivity index (χ1v) is 7.28. The fourth-order valence-electron chi connectivity index (χ4n) is 1.88. The molecule has 2 aromatic heterocycles. The highest BCUT2D eigenvalue weighted by Gasteiger charge is 2.16. The van der Waals surface area contributed by atoms with Gasteiger partial charge in [-0.1, -0.05) is 17.7 Å². The zero-order chi connectivity index (χ0) is 13.6. The van der Waals surface area contributed by atoms with Gasteiger partial charge >= 0.3 is 0 Å². The summed E-state index contributed by atoms with van der Waals surface area (Å²) in [5.74, 6) is 0.359. The number of nitrogen functional groups attached to an aromatic ring is 1. The number of nitrogens with two attached hydrogens (primary N) is 1. The Hall–Kier alpha value is -1.11. The molecule has 0 atom stereocenters. The van der Waals surface area contributed by atoms with E-state index in [4.69, 9.17) is 17.3 Å². The van der Waals surface area contributed by atoms with E-state index in [-0.39, 0.29) is 0 Å². The molecular formula is C12H7Br2ClN4. The van der Waals surface area contributed by atoms with E-state index in [0.29, 0.717) is 22.1 Å². The van der Waals surface area contributed by atoms with Crippen LogP contribution in [0.4, 0.5) is 5.95 Å². The second-order valence-electron chi connectivity index (χ2n) is 3.87. The van der Waals surface area contributed by atoms with Crippen LogP contribution < -0.4 is 5.73 Å². The van der Waals surface area contributed by atoms with Gasteiger partial charge in [0.15, 0.2) is 5.65 Å². The summed E-state index contributed by atoms with van der Waals surface area (Å²) in [6.45, 7) is 0. The monoisotopic (exact) mass is 400 g/mol. The fraction of sp³-hybridized carbons (Fsp3) is 0. The van der Waals surface area contributed by atoms with Gasteiger partial charge in [0.1, 0.15) is 5.52 Å². The minimum absolute atomic E-state index is 0.359. The van der Waals surface area contributed by atoms with Crippen molar-refractivity contribution in [3.8, 4) is 5.69 Å². The molecule has 0 radical (unpaired) electrons. The number of para-hydroxylation sites is 1. The average Bonchev–Trinajstić information content (AvgIpc) is 2.65. The number of benzene rings is 1. The SMILES string of the molecule is Nc1nc2cc(Cl)cnc2n1-c1c(Br)cccc1Br. The molecule has 2 N–H and O–H groups in total. The first-order valence-electron chi connectivity index (χ1n) is 5.32. The molecule has 0 spiro atoms. The number of hydrogen-bond acceptors (Lipinski definition) is 3. The summed E-state index contributed by atoms with van der Waals surface area (Å²) in [7, 11) is 0. The number of halogens is 3. The first-order chi connectivity index (χ1) is 9.08. The number of hydrogen-bond donors (Lipinski definition) is 1. The number of anilines is 1. The largest absolute Gasteiger partial charge is 0.369 e. The Labute approximate surface area is 130 Å². The van der Waals surface area contributed by atoms with Gasteiger partial charge in [0.05, 0.1) is 10.7 Å². The Kier molecular flexibility index (Phi) is 3.24. The van der Waals surface area contributed by atoms with Gasteiger partial charge in [-0.15, -0.1) is 0 Å². The third kappa shape index (κ3) is 2.13. The number of pyridine rings is 1. The molecule has 96 valence electrons. The number of aromatic nitrogens is 3. The number of fused-ring (bicyclic) bond motifs is 1. The van der Waals surface area contributed by atoms with Crippen LogP contribution in [0.15, 0.2) is 39.4 Å². The van der Waals surface area contributed by atoms with Gasteiger partial charge in [0, 0.05) is 15.1 Å². The average molecular weight is 402 g/mol. The van der Waals surface area contributed by atoms with Crippen molar-refractivity contribution in [2.75, 3.05) is 5.73 Å². The minimum atomic E-state index is 0.359. The lowest BCUT2D eigenvalue weighted by atomic mass is 10.3. The van der Waals surface area contributed by atoms with Gasteiger partial charge in [0.2, 0.25) is 5.95 Å². The van der Waals surface area contributed by atoms with Gasteiger partial charge in [-0.05, 0) is 50.1 Å². The van der Waals surface area contributed by atoms with E-state index in [0.717, 1.165) is 14.6 Å². The number of nitrogens with zero attached hydrogens (tertiary/aromatic N) is 3. The molecular weight excluding hydrogens is 395 g/mol. The molecule has 0 saturated carbocycles. The predicted octanol–water partition coefficient (Wildman–Crippen LogP) is 4.18. The normalized spacial score (nSPS) is 11.1. The van der Waals surface area contributed by atoms with Gasteiger partial charge in [-0.3, -0.25) is 4.57 Å². The minimum Gasteiger partial charge on any atom is -0.369 e. The molecule has 7 heteroatoms. The van der Waals surface area contributed by atoms with E-state index in [2.05, 4.69) is 41.8 Å². The summed E-state index contributed by atoms with van der Waals surface area (Å²) in [6, 6.07) is 7.53. The molecule has 0 aliphatic heterocycles. The van der Waals surface area contributed by atoms with E-state index < -0.39 is 0 Å². The van der Waals surface area contributed by atoms with Crippen LogP contribution in [0.3, 0.4) is 0 Å². The van der Waals surface area contributed by atoms with E-state index in [1.165, 1.54) is 0 Å². The lowest BCUT2D eigenvalue weighted by Crippen LogP contribution is -2.03. The molecule has 0 unspecified atom stereocenters. The van der Waals surface area contributed by atoms with Crippen molar-refractivity contribution in [3.05, 3.63) is 44.4 Å². The smallest absolute Gasteiger partial charge is 0.207 e. The van der Waals surface area contributed by atoms with E-state index in [1.807, 2.05) is 18.2 Å². The summed E-state index contributed by atoms with van der Waals surface area (Å²) in [6.07, 6.45) is 1.58. The fourth-order valence-corrected chi connectivity index (χ4v) is 3.39. The highest BCUT2D eigenvalue weighted by molar-refractivity contribution is 9.11. The van der Waals surface area contributed by atoms with Crippen LogP contribution in [0.25, 0.3) is 16.9 Å². The molecule has 0 aliphatic carbocycles. The number of imidazole rings is 1. The zero-order valence-corrected chi connectivity index (χ0v) is 13.4. The van der Waals surface area contributed by atoms with Gasteiger partial charge in [-0.25, -0.2) is 9.97 Å². The first kappa shape index (κ1) is 12.9. The highest BCUT2D eigenvalue weighted by atomic mass is 79.9. The van der Waals surface area contributed by atoms with Gasteiger partial charge < -0.3 is 5.73 Å². The van der Waals surface area contributed by atoms with Crippen molar-refractivity contribution in [2.24, 2.45) is 0 Å². The van der Waals surface area contributed by atoms with Gasteiger partial charge in [0.25, 0.3) is 0 Å². The lowest BCUT2D eigenvalue weighted by molar-refractivity contribution is 1.07. The molecule has 0 aliphatic rings. The van der Waals surface area contributed by atoms with E-state index in [9.17, 15) is 0 Å². The van der Waals surface area contributed by atoms with Crippen LogP contribution in [-0.2, 0) is 0 Å². The molecule has 1 aromatic carbocycles. The van der Waals surface area contributed by atoms with Crippen LogP contribution >= 0.6 is 43.5 Å². The van der Waals surface area contributed by atoms with E-state index in [1.54, 1.807) is 16.8 Å². The molecule has 4 nitrogen and oxygen atoms in total. The molecule has 19 heavy (non-hydrogen) atoms. The number of rotatable bonds is 1.